The molecule has 130 valence electrons. The van der Waals surface area contributed by atoms with Crippen molar-refractivity contribution in [3.63, 3.8) is 0 Å². The van der Waals surface area contributed by atoms with Crippen LogP contribution in [0.15, 0.2) is 6.07 Å². The highest BCUT2D eigenvalue weighted by Crippen LogP contribution is 2.31. The van der Waals surface area contributed by atoms with Crippen molar-refractivity contribution in [3.8, 4) is 0 Å². The molecule has 3 rings (SSSR count). The molecule has 8 heteroatoms. The Morgan fingerprint density at radius 2 is 1.92 bits per heavy atom. The Morgan fingerprint density at radius 3 is 2.46 bits per heavy atom. The fraction of sp³-hybridized carbons (Fsp3) is 0.625. The van der Waals surface area contributed by atoms with Crippen LogP contribution in [-0.4, -0.2) is 47.2 Å². The first-order valence-electron chi connectivity index (χ1n) is 8.32. The molecule has 8 nitrogen and oxygen atoms in total. The lowest BCUT2D eigenvalue weighted by atomic mass is 10.1. The molecule has 2 atom stereocenters. The molecule has 2 aliphatic heterocycles. The molecule has 1 aromatic rings. The minimum Gasteiger partial charge on any atom is -0.356 e. The van der Waals surface area contributed by atoms with Gasteiger partial charge in [-0.15, -0.1) is 0 Å². The van der Waals surface area contributed by atoms with Gasteiger partial charge in [-0.2, -0.15) is 9.97 Å². The number of carbonyl (C=O) groups is 2. The van der Waals surface area contributed by atoms with E-state index in [1.54, 1.807) is 6.07 Å². The maximum atomic E-state index is 12.1. The van der Waals surface area contributed by atoms with Gasteiger partial charge < -0.3 is 15.0 Å². The molecule has 3 heterocycles. The summed E-state index contributed by atoms with van der Waals surface area (Å²) in [6.07, 6.45) is 3.03. The number of hydrogen-bond acceptors (Lipinski definition) is 6. The van der Waals surface area contributed by atoms with Crippen molar-refractivity contribution in [3.05, 3.63) is 6.07 Å². The molecule has 1 aromatic heterocycles. The lowest BCUT2D eigenvalue weighted by molar-refractivity contribution is -0.117. The lowest BCUT2D eigenvalue weighted by Gasteiger charge is -2.29. The minimum absolute atomic E-state index is 0.0413. The fourth-order valence-electron chi connectivity index (χ4n) is 2.94. The van der Waals surface area contributed by atoms with E-state index >= 15 is 0 Å². The van der Waals surface area contributed by atoms with Gasteiger partial charge in [0.05, 0.1) is 0 Å². The van der Waals surface area contributed by atoms with Crippen molar-refractivity contribution in [1.29, 1.82) is 0 Å². The average Bonchev–Trinajstić information content (AvgIpc) is 3.23. The maximum absolute atomic E-state index is 12.1. The van der Waals surface area contributed by atoms with Gasteiger partial charge in [-0.25, -0.2) is 0 Å². The lowest BCUT2D eigenvalue weighted by Crippen LogP contribution is -2.36. The van der Waals surface area contributed by atoms with Crippen LogP contribution in [0, 0.1) is 0 Å². The van der Waals surface area contributed by atoms with E-state index in [2.05, 4.69) is 20.2 Å². The number of anilines is 3. The predicted molar refractivity (Wildman–Crippen MR) is 89.9 cm³/mol. The van der Waals surface area contributed by atoms with Gasteiger partial charge in [-0.3, -0.25) is 14.5 Å². The highest BCUT2D eigenvalue weighted by atomic mass is 16.6. The van der Waals surface area contributed by atoms with Gasteiger partial charge in [-0.05, 0) is 26.2 Å². The molecule has 0 spiro atoms. The molecule has 2 fully saturated rings. The van der Waals surface area contributed by atoms with Gasteiger partial charge in [0.1, 0.15) is 17.7 Å². The second kappa shape index (κ2) is 6.72. The summed E-state index contributed by atoms with van der Waals surface area (Å²) in [6, 6.07) is 1.76. The number of rotatable bonds is 4. The molecule has 0 saturated carbocycles. The Morgan fingerprint density at radius 1 is 1.25 bits per heavy atom. The minimum atomic E-state index is -0.343. The molecule has 0 aliphatic carbocycles. The SMILES string of the molecule is CC(=O)Nc1cc(N2CCCCC2)nc(N(C(C)=O)C2OC2C)n1. The van der Waals surface area contributed by atoms with Gasteiger partial charge in [0.2, 0.25) is 17.8 Å². The Hall–Kier alpha value is -2.22. The smallest absolute Gasteiger partial charge is 0.238 e. The first-order chi connectivity index (χ1) is 11.5. The molecule has 0 bridgehead atoms. The summed E-state index contributed by atoms with van der Waals surface area (Å²) >= 11 is 0. The third-order valence-corrected chi connectivity index (χ3v) is 4.17. The van der Waals surface area contributed by atoms with Gasteiger partial charge in [0.25, 0.3) is 0 Å². The zero-order valence-electron chi connectivity index (χ0n) is 14.3. The number of ether oxygens (including phenoxy) is 1. The van der Waals surface area contributed by atoms with Crippen molar-refractivity contribution in [2.24, 2.45) is 0 Å². The van der Waals surface area contributed by atoms with Crippen LogP contribution in [0.3, 0.4) is 0 Å². The number of hydrogen-bond donors (Lipinski definition) is 1. The number of nitrogens with zero attached hydrogens (tertiary/aromatic N) is 4. The predicted octanol–water partition coefficient (Wildman–Crippen LogP) is 1.52. The number of nitrogens with one attached hydrogen (secondary N) is 1. The van der Waals surface area contributed by atoms with E-state index < -0.39 is 0 Å². The molecule has 2 unspecified atom stereocenters. The summed E-state index contributed by atoms with van der Waals surface area (Å²) in [5.74, 6) is 0.989. The summed E-state index contributed by atoms with van der Waals surface area (Å²) in [6.45, 7) is 6.60. The van der Waals surface area contributed by atoms with Crippen molar-refractivity contribution < 1.29 is 14.3 Å². The highest BCUT2D eigenvalue weighted by Gasteiger charge is 2.43. The number of carbonyl (C=O) groups excluding carboxylic acids is 2. The van der Waals surface area contributed by atoms with Crippen LogP contribution in [0.25, 0.3) is 0 Å². The van der Waals surface area contributed by atoms with E-state index in [9.17, 15) is 9.59 Å². The van der Waals surface area contributed by atoms with Crippen LogP contribution >= 0.6 is 0 Å². The van der Waals surface area contributed by atoms with Crippen molar-refractivity contribution in [2.75, 3.05) is 28.2 Å². The van der Waals surface area contributed by atoms with Gasteiger partial charge >= 0.3 is 0 Å². The van der Waals surface area contributed by atoms with E-state index in [0.29, 0.717) is 5.82 Å². The topological polar surface area (TPSA) is 91.0 Å². The maximum Gasteiger partial charge on any atom is 0.238 e. The number of aromatic nitrogens is 2. The van der Waals surface area contributed by atoms with Crippen LogP contribution in [0.1, 0.15) is 40.0 Å². The van der Waals surface area contributed by atoms with Crippen LogP contribution in [0.2, 0.25) is 0 Å². The van der Waals surface area contributed by atoms with Crippen LogP contribution < -0.4 is 15.1 Å². The van der Waals surface area contributed by atoms with E-state index in [-0.39, 0.29) is 30.1 Å². The van der Waals surface area contributed by atoms with Crippen molar-refractivity contribution in [1.82, 2.24) is 9.97 Å². The summed E-state index contributed by atoms with van der Waals surface area (Å²) in [5, 5.41) is 2.69. The van der Waals surface area contributed by atoms with Crippen LogP contribution in [-0.2, 0) is 14.3 Å². The second-order valence-corrected chi connectivity index (χ2v) is 6.26. The molecule has 2 aliphatic rings. The van der Waals surface area contributed by atoms with Crippen LogP contribution in [0.5, 0.6) is 0 Å². The first kappa shape index (κ1) is 16.6. The Kier molecular flexibility index (Phi) is 4.66. The van der Waals surface area contributed by atoms with E-state index in [4.69, 9.17) is 4.74 Å². The number of epoxide rings is 1. The third kappa shape index (κ3) is 3.64. The molecule has 2 saturated heterocycles. The Labute approximate surface area is 141 Å². The van der Waals surface area contributed by atoms with E-state index in [1.165, 1.54) is 25.2 Å². The Bertz CT molecular complexity index is 645. The van der Waals surface area contributed by atoms with Crippen molar-refractivity contribution >= 4 is 29.4 Å². The zero-order chi connectivity index (χ0) is 17.3. The summed E-state index contributed by atoms with van der Waals surface area (Å²) < 4.78 is 5.43. The standard InChI is InChI=1S/C16H23N5O3/c1-10-15(24-10)21(12(3)23)16-18-13(17-11(2)22)9-14(19-16)20-7-5-4-6-8-20/h9-10,15H,4-8H2,1-3H3,(H,17,18,19,22). The van der Waals surface area contributed by atoms with E-state index in [0.717, 1.165) is 31.7 Å². The Balaban J connectivity index is 1.96. The molecule has 2 amide bonds. The summed E-state index contributed by atoms with van der Waals surface area (Å²) in [4.78, 5) is 36.0. The molecule has 0 aromatic carbocycles. The second-order valence-electron chi connectivity index (χ2n) is 6.26. The molecule has 24 heavy (non-hydrogen) atoms. The quantitative estimate of drug-likeness (QED) is 0.840. The fourth-order valence-corrected chi connectivity index (χ4v) is 2.94. The normalized spacial score (nSPS) is 22.9. The number of piperidine rings is 1. The molecule has 1 N–H and O–H groups in total. The van der Waals surface area contributed by atoms with Gasteiger partial charge in [0, 0.05) is 33.0 Å². The van der Waals surface area contributed by atoms with Gasteiger partial charge in [-0.1, -0.05) is 0 Å². The average molecular weight is 333 g/mol. The molecular formula is C16H23N5O3. The number of amides is 2. The zero-order valence-corrected chi connectivity index (χ0v) is 14.3. The van der Waals surface area contributed by atoms with Crippen LogP contribution in [0.4, 0.5) is 17.6 Å². The summed E-state index contributed by atoms with van der Waals surface area (Å²) in [5.41, 5.74) is 0. The largest absolute Gasteiger partial charge is 0.356 e. The highest BCUT2D eigenvalue weighted by molar-refractivity contribution is 5.92. The molecular weight excluding hydrogens is 310 g/mol. The third-order valence-electron chi connectivity index (χ3n) is 4.17. The monoisotopic (exact) mass is 333 g/mol. The summed E-state index contributed by atoms with van der Waals surface area (Å²) in [7, 11) is 0. The van der Waals surface area contributed by atoms with Gasteiger partial charge in [0.15, 0.2) is 6.23 Å². The molecule has 0 radical (unpaired) electrons. The van der Waals surface area contributed by atoms with E-state index in [1.807, 2.05) is 6.92 Å². The van der Waals surface area contributed by atoms with Crippen molar-refractivity contribution in [2.45, 2.75) is 52.4 Å². The first-order valence-corrected chi connectivity index (χ1v) is 8.32.